The fourth-order valence-corrected chi connectivity index (χ4v) is 1.82. The van der Waals surface area contributed by atoms with E-state index in [2.05, 4.69) is 6.58 Å². The molecule has 2 N–H and O–H groups in total. The van der Waals surface area contributed by atoms with Gasteiger partial charge in [-0.05, 0) is 25.2 Å². The Labute approximate surface area is 118 Å². The molecule has 0 aromatic carbocycles. The Morgan fingerprint density at radius 1 is 1.11 bits per heavy atom. The molecule has 3 nitrogen and oxygen atoms in total. The fourth-order valence-electron chi connectivity index (χ4n) is 1.82. The first-order valence-corrected chi connectivity index (χ1v) is 7.62. The van der Waals surface area contributed by atoms with Crippen molar-refractivity contribution in [3.63, 3.8) is 0 Å². The molecule has 0 saturated carbocycles. The SMILES string of the molecule is C=CCCCCCCCCCOC(=O)[C@@H](N)C(C)C. The molecule has 0 aromatic rings. The van der Waals surface area contributed by atoms with E-state index < -0.39 is 6.04 Å². The highest BCUT2D eigenvalue weighted by atomic mass is 16.5. The topological polar surface area (TPSA) is 52.3 Å². The zero-order chi connectivity index (χ0) is 14.5. The van der Waals surface area contributed by atoms with Gasteiger partial charge in [-0.1, -0.05) is 52.0 Å². The first-order chi connectivity index (χ1) is 9.09. The first-order valence-electron chi connectivity index (χ1n) is 7.62. The van der Waals surface area contributed by atoms with Crippen molar-refractivity contribution in [2.24, 2.45) is 11.7 Å². The zero-order valence-corrected chi connectivity index (χ0v) is 12.7. The Morgan fingerprint density at radius 3 is 2.16 bits per heavy atom. The van der Waals surface area contributed by atoms with E-state index in [0.29, 0.717) is 6.61 Å². The van der Waals surface area contributed by atoms with Crippen molar-refractivity contribution in [2.45, 2.75) is 71.3 Å². The van der Waals surface area contributed by atoms with Gasteiger partial charge in [0.05, 0.1) is 6.61 Å². The lowest BCUT2D eigenvalue weighted by atomic mass is 10.1. The van der Waals surface area contributed by atoms with Gasteiger partial charge in [0.15, 0.2) is 0 Å². The van der Waals surface area contributed by atoms with Crippen LogP contribution in [0.3, 0.4) is 0 Å². The molecular weight excluding hydrogens is 238 g/mol. The van der Waals surface area contributed by atoms with Crippen molar-refractivity contribution in [1.29, 1.82) is 0 Å². The van der Waals surface area contributed by atoms with Crippen LogP contribution in [-0.4, -0.2) is 18.6 Å². The summed E-state index contributed by atoms with van der Waals surface area (Å²) in [6.07, 6.45) is 11.5. The standard InChI is InChI=1S/C16H31NO2/c1-4-5-6-7-8-9-10-11-12-13-19-16(18)15(17)14(2)3/h4,14-15H,1,5-13,17H2,2-3H3/t15-/m0/s1. The molecule has 0 rings (SSSR count). The van der Waals surface area contributed by atoms with Crippen LogP contribution in [0.2, 0.25) is 0 Å². The Bertz CT molecular complexity index is 239. The summed E-state index contributed by atoms with van der Waals surface area (Å²) in [6.45, 7) is 8.08. The number of rotatable bonds is 12. The van der Waals surface area contributed by atoms with E-state index in [9.17, 15) is 4.79 Å². The average molecular weight is 269 g/mol. The molecule has 0 aliphatic rings. The molecule has 3 heteroatoms. The van der Waals surface area contributed by atoms with Crippen LogP contribution in [0.1, 0.15) is 65.2 Å². The quantitative estimate of drug-likeness (QED) is 0.333. The van der Waals surface area contributed by atoms with Gasteiger partial charge in [-0.15, -0.1) is 6.58 Å². The lowest BCUT2D eigenvalue weighted by Gasteiger charge is -2.14. The van der Waals surface area contributed by atoms with Crippen LogP contribution in [0.15, 0.2) is 12.7 Å². The maximum Gasteiger partial charge on any atom is 0.323 e. The van der Waals surface area contributed by atoms with Gasteiger partial charge < -0.3 is 10.5 Å². The van der Waals surface area contributed by atoms with Crippen molar-refractivity contribution < 1.29 is 9.53 Å². The van der Waals surface area contributed by atoms with E-state index in [4.69, 9.17) is 10.5 Å². The second-order valence-electron chi connectivity index (χ2n) is 5.49. The van der Waals surface area contributed by atoms with Crippen LogP contribution in [0.5, 0.6) is 0 Å². The van der Waals surface area contributed by atoms with Crippen LogP contribution in [0, 0.1) is 5.92 Å². The largest absolute Gasteiger partial charge is 0.465 e. The van der Waals surface area contributed by atoms with Crippen molar-refractivity contribution in [3.8, 4) is 0 Å². The highest BCUT2D eigenvalue weighted by Crippen LogP contribution is 2.09. The summed E-state index contributed by atoms with van der Waals surface area (Å²) in [4.78, 5) is 11.5. The number of unbranched alkanes of at least 4 members (excludes halogenated alkanes) is 7. The first kappa shape index (κ1) is 18.2. The number of carbonyl (C=O) groups excluding carboxylic acids is 1. The van der Waals surface area contributed by atoms with Crippen molar-refractivity contribution >= 4 is 5.97 Å². The molecule has 112 valence electrons. The number of hydrogen-bond donors (Lipinski definition) is 1. The summed E-state index contributed by atoms with van der Waals surface area (Å²) in [5, 5.41) is 0. The molecule has 0 unspecified atom stereocenters. The van der Waals surface area contributed by atoms with Crippen LogP contribution in [0.4, 0.5) is 0 Å². The highest BCUT2D eigenvalue weighted by molar-refractivity contribution is 5.75. The van der Waals surface area contributed by atoms with E-state index in [1.165, 1.54) is 32.1 Å². The molecule has 19 heavy (non-hydrogen) atoms. The number of hydrogen-bond acceptors (Lipinski definition) is 3. The Kier molecular flexibility index (Phi) is 11.7. The molecule has 0 saturated heterocycles. The van der Waals surface area contributed by atoms with Gasteiger partial charge >= 0.3 is 5.97 Å². The number of allylic oxidation sites excluding steroid dienone is 1. The maximum atomic E-state index is 11.5. The molecule has 0 radical (unpaired) electrons. The average Bonchev–Trinajstić information content (AvgIpc) is 2.39. The monoisotopic (exact) mass is 269 g/mol. The number of ether oxygens (including phenoxy) is 1. The maximum absolute atomic E-state index is 11.5. The van der Waals surface area contributed by atoms with E-state index in [1.54, 1.807) is 0 Å². The van der Waals surface area contributed by atoms with E-state index in [0.717, 1.165) is 19.3 Å². The lowest BCUT2D eigenvalue weighted by molar-refractivity contribution is -0.146. The number of nitrogens with two attached hydrogens (primary N) is 1. The molecule has 0 aliphatic heterocycles. The molecule has 0 amide bonds. The summed E-state index contributed by atoms with van der Waals surface area (Å²) in [6, 6.07) is -0.482. The van der Waals surface area contributed by atoms with Gasteiger partial charge in [-0.3, -0.25) is 4.79 Å². The van der Waals surface area contributed by atoms with Gasteiger partial charge in [-0.2, -0.15) is 0 Å². The summed E-state index contributed by atoms with van der Waals surface area (Å²) in [7, 11) is 0. The van der Waals surface area contributed by atoms with Gasteiger partial charge in [0.2, 0.25) is 0 Å². The zero-order valence-electron chi connectivity index (χ0n) is 12.7. The second kappa shape index (κ2) is 12.2. The summed E-state index contributed by atoms with van der Waals surface area (Å²) in [5.74, 6) is -0.123. The summed E-state index contributed by atoms with van der Waals surface area (Å²) >= 11 is 0. The summed E-state index contributed by atoms with van der Waals surface area (Å²) < 4.78 is 5.15. The van der Waals surface area contributed by atoms with Gasteiger partial charge in [-0.25, -0.2) is 0 Å². The van der Waals surface area contributed by atoms with E-state index >= 15 is 0 Å². The van der Waals surface area contributed by atoms with Gasteiger partial charge in [0, 0.05) is 0 Å². The number of esters is 1. The minimum atomic E-state index is -0.482. The third kappa shape index (κ3) is 10.8. The van der Waals surface area contributed by atoms with Crippen LogP contribution in [-0.2, 0) is 9.53 Å². The van der Waals surface area contributed by atoms with Crippen LogP contribution >= 0.6 is 0 Å². The van der Waals surface area contributed by atoms with Crippen LogP contribution in [0.25, 0.3) is 0 Å². The normalized spacial score (nSPS) is 12.4. The molecule has 1 atom stereocenters. The molecule has 0 aliphatic carbocycles. The number of carbonyl (C=O) groups is 1. The van der Waals surface area contributed by atoms with Gasteiger partial charge in [0.1, 0.15) is 6.04 Å². The third-order valence-corrected chi connectivity index (χ3v) is 3.29. The Balaban J connectivity index is 3.27. The molecule has 0 fully saturated rings. The molecule has 0 heterocycles. The molecule has 0 aromatic heterocycles. The molecule has 0 bridgehead atoms. The minimum Gasteiger partial charge on any atom is -0.465 e. The van der Waals surface area contributed by atoms with Crippen molar-refractivity contribution in [3.05, 3.63) is 12.7 Å². The van der Waals surface area contributed by atoms with Gasteiger partial charge in [0.25, 0.3) is 0 Å². The smallest absolute Gasteiger partial charge is 0.323 e. The highest BCUT2D eigenvalue weighted by Gasteiger charge is 2.18. The van der Waals surface area contributed by atoms with Crippen molar-refractivity contribution in [1.82, 2.24) is 0 Å². The second-order valence-corrected chi connectivity index (χ2v) is 5.49. The summed E-state index contributed by atoms with van der Waals surface area (Å²) in [5.41, 5.74) is 5.70. The predicted molar refractivity (Wildman–Crippen MR) is 80.9 cm³/mol. The van der Waals surface area contributed by atoms with Crippen molar-refractivity contribution in [2.75, 3.05) is 6.61 Å². The van der Waals surface area contributed by atoms with E-state index in [-0.39, 0.29) is 11.9 Å². The lowest BCUT2D eigenvalue weighted by Crippen LogP contribution is -2.37. The third-order valence-electron chi connectivity index (χ3n) is 3.29. The Morgan fingerprint density at radius 2 is 1.63 bits per heavy atom. The minimum absolute atomic E-state index is 0.142. The molecule has 0 spiro atoms. The molecular formula is C16H31NO2. The fraction of sp³-hybridized carbons (Fsp3) is 0.812. The Hall–Kier alpha value is -0.830. The van der Waals surface area contributed by atoms with E-state index in [1.807, 2.05) is 19.9 Å². The predicted octanol–water partition coefficient (Wildman–Crippen LogP) is 3.82. The van der Waals surface area contributed by atoms with Crippen LogP contribution < -0.4 is 5.73 Å².